The van der Waals surface area contributed by atoms with E-state index in [1.165, 1.54) is 5.56 Å². The van der Waals surface area contributed by atoms with Gasteiger partial charge in [-0.2, -0.15) is 15.0 Å². The van der Waals surface area contributed by atoms with Gasteiger partial charge in [0.2, 0.25) is 11.8 Å². The fourth-order valence-corrected chi connectivity index (χ4v) is 4.01. The van der Waals surface area contributed by atoms with Crippen LogP contribution in [0.15, 0.2) is 30.6 Å². The Labute approximate surface area is 158 Å². The Morgan fingerprint density at radius 3 is 2.44 bits per heavy atom. The van der Waals surface area contributed by atoms with Gasteiger partial charge in [0.1, 0.15) is 0 Å². The molecule has 2 aliphatic heterocycles. The number of aromatic nitrogens is 3. The van der Waals surface area contributed by atoms with E-state index in [1.807, 2.05) is 30.0 Å². The predicted molar refractivity (Wildman–Crippen MR) is 101 cm³/mol. The van der Waals surface area contributed by atoms with Crippen molar-refractivity contribution in [3.8, 4) is 0 Å². The summed E-state index contributed by atoms with van der Waals surface area (Å²) in [4.78, 5) is 30.9. The monoisotopic (exact) mass is 367 g/mol. The summed E-state index contributed by atoms with van der Waals surface area (Å²) in [5, 5.41) is 8.41. The summed E-state index contributed by atoms with van der Waals surface area (Å²) >= 11 is 0. The molecule has 27 heavy (non-hydrogen) atoms. The van der Waals surface area contributed by atoms with E-state index < -0.39 is 0 Å². The van der Waals surface area contributed by atoms with Crippen molar-refractivity contribution in [1.29, 1.82) is 0 Å². The van der Waals surface area contributed by atoms with Crippen molar-refractivity contribution < 1.29 is 9.59 Å². The molecule has 1 unspecified atom stereocenters. The summed E-state index contributed by atoms with van der Waals surface area (Å²) in [5.41, 5.74) is 3.25. The number of likely N-dealkylation sites (tertiary alicyclic amines) is 1. The highest BCUT2D eigenvalue weighted by molar-refractivity contribution is 6.00. The molecule has 4 rings (SSSR count). The van der Waals surface area contributed by atoms with Gasteiger partial charge >= 0.3 is 0 Å². The first kappa shape index (κ1) is 17.7. The van der Waals surface area contributed by atoms with Crippen LogP contribution in [0.2, 0.25) is 0 Å². The number of nitrogens with zero attached hydrogens (tertiary/aromatic N) is 5. The number of amides is 2. The summed E-state index contributed by atoms with van der Waals surface area (Å²) in [6.45, 7) is 5.96. The van der Waals surface area contributed by atoms with Crippen molar-refractivity contribution in [2.45, 2.75) is 39.2 Å². The van der Waals surface area contributed by atoms with Crippen molar-refractivity contribution in [3.05, 3.63) is 41.7 Å². The van der Waals surface area contributed by atoms with E-state index in [0.29, 0.717) is 26.1 Å². The number of hydrogen-bond donors (Lipinski definition) is 0. The fraction of sp³-hybridized carbons (Fsp3) is 0.500. The van der Waals surface area contributed by atoms with Crippen LogP contribution in [0.25, 0.3) is 0 Å². The van der Waals surface area contributed by atoms with Gasteiger partial charge in [-0.15, -0.1) is 0 Å². The van der Waals surface area contributed by atoms with Crippen LogP contribution in [0.5, 0.6) is 0 Å². The van der Waals surface area contributed by atoms with Crippen molar-refractivity contribution in [1.82, 2.24) is 19.9 Å². The van der Waals surface area contributed by atoms with Gasteiger partial charge in [-0.1, -0.05) is 6.07 Å². The summed E-state index contributed by atoms with van der Waals surface area (Å²) in [5.74, 6) is -0.118. The molecule has 0 N–H and O–H groups in total. The van der Waals surface area contributed by atoms with Gasteiger partial charge < -0.3 is 9.80 Å². The first-order valence-electron chi connectivity index (χ1n) is 9.55. The molecule has 1 atom stereocenters. The van der Waals surface area contributed by atoms with Crippen molar-refractivity contribution in [3.63, 3.8) is 0 Å². The Bertz CT molecular complexity index is 840. The van der Waals surface area contributed by atoms with Crippen LogP contribution in [0, 0.1) is 19.8 Å². The third-order valence-electron chi connectivity index (χ3n) is 5.82. The number of rotatable bonds is 3. The minimum atomic E-state index is -0.251. The summed E-state index contributed by atoms with van der Waals surface area (Å²) in [7, 11) is 0. The zero-order valence-electron chi connectivity index (χ0n) is 15.8. The third kappa shape index (κ3) is 3.46. The number of piperidine rings is 1. The largest absolute Gasteiger partial charge is 0.342 e. The Kier molecular flexibility index (Phi) is 4.68. The smallest absolute Gasteiger partial charge is 0.228 e. The minimum Gasteiger partial charge on any atom is -0.342 e. The highest BCUT2D eigenvalue weighted by Crippen LogP contribution is 2.29. The van der Waals surface area contributed by atoms with Crippen LogP contribution in [0.3, 0.4) is 0 Å². The maximum Gasteiger partial charge on any atom is 0.228 e. The van der Waals surface area contributed by atoms with Gasteiger partial charge in [-0.05, 0) is 49.9 Å². The van der Waals surface area contributed by atoms with Crippen LogP contribution in [-0.2, 0) is 9.59 Å². The average Bonchev–Trinajstić information content (AvgIpc) is 3.34. The van der Waals surface area contributed by atoms with E-state index in [0.717, 1.165) is 24.1 Å². The number of aryl methyl sites for hydroxylation is 2. The zero-order valence-corrected chi connectivity index (χ0v) is 15.8. The normalized spacial score (nSPS) is 21.1. The van der Waals surface area contributed by atoms with Gasteiger partial charge in [-0.3, -0.25) is 9.59 Å². The second-order valence-electron chi connectivity index (χ2n) is 7.58. The van der Waals surface area contributed by atoms with E-state index >= 15 is 0 Å². The quantitative estimate of drug-likeness (QED) is 0.833. The van der Waals surface area contributed by atoms with Crippen LogP contribution >= 0.6 is 0 Å². The van der Waals surface area contributed by atoms with Gasteiger partial charge in [0, 0.05) is 31.7 Å². The number of benzene rings is 1. The summed E-state index contributed by atoms with van der Waals surface area (Å²) in [6, 6.07) is 6.28. The molecular weight excluding hydrogens is 342 g/mol. The van der Waals surface area contributed by atoms with Crippen molar-refractivity contribution in [2.75, 3.05) is 24.5 Å². The first-order valence-corrected chi connectivity index (χ1v) is 9.55. The molecule has 7 heteroatoms. The molecular formula is C20H25N5O2. The Balaban J connectivity index is 1.39. The predicted octanol–water partition coefficient (Wildman–Crippen LogP) is 2.11. The molecule has 0 bridgehead atoms. The Morgan fingerprint density at radius 2 is 1.78 bits per heavy atom. The second-order valence-corrected chi connectivity index (χ2v) is 7.58. The molecule has 2 saturated heterocycles. The molecule has 142 valence electrons. The van der Waals surface area contributed by atoms with Gasteiger partial charge in [-0.25, -0.2) is 0 Å². The molecule has 3 heterocycles. The number of carbonyl (C=O) groups excluding carboxylic acids is 2. The molecule has 0 radical (unpaired) electrons. The van der Waals surface area contributed by atoms with Crippen molar-refractivity contribution >= 4 is 17.5 Å². The van der Waals surface area contributed by atoms with Gasteiger partial charge in [0.05, 0.1) is 24.4 Å². The van der Waals surface area contributed by atoms with E-state index in [-0.39, 0.29) is 23.8 Å². The average molecular weight is 367 g/mol. The van der Waals surface area contributed by atoms with E-state index in [4.69, 9.17) is 0 Å². The highest BCUT2D eigenvalue weighted by atomic mass is 16.2. The standard InChI is InChI=1S/C20H25N5O2/c1-14-3-4-18(11-15(14)2)24-13-16(12-19(24)26)20(27)23-9-5-17(6-10-23)25-21-7-8-22-25/h3-4,7-8,11,16-17H,5-6,9-10,12-13H2,1-2H3. The summed E-state index contributed by atoms with van der Waals surface area (Å²) < 4.78 is 0. The van der Waals surface area contributed by atoms with Gasteiger partial charge in [0.25, 0.3) is 0 Å². The lowest BCUT2D eigenvalue weighted by atomic mass is 10.0. The molecule has 7 nitrogen and oxygen atoms in total. The van der Waals surface area contributed by atoms with Crippen LogP contribution in [0.1, 0.15) is 36.4 Å². The lowest BCUT2D eigenvalue weighted by Crippen LogP contribution is -2.43. The number of anilines is 1. The van der Waals surface area contributed by atoms with Crippen LogP contribution < -0.4 is 4.90 Å². The van der Waals surface area contributed by atoms with Gasteiger partial charge in [0.15, 0.2) is 0 Å². The SMILES string of the molecule is Cc1ccc(N2CC(C(=O)N3CCC(n4nccn4)CC3)CC2=O)cc1C. The second kappa shape index (κ2) is 7.13. The van der Waals surface area contributed by atoms with E-state index in [1.54, 1.807) is 22.1 Å². The van der Waals surface area contributed by atoms with Crippen LogP contribution in [-0.4, -0.2) is 51.3 Å². The lowest BCUT2D eigenvalue weighted by molar-refractivity contribution is -0.137. The van der Waals surface area contributed by atoms with Crippen molar-refractivity contribution in [2.24, 2.45) is 5.92 Å². The maximum absolute atomic E-state index is 12.9. The molecule has 2 fully saturated rings. The Hall–Kier alpha value is -2.70. The van der Waals surface area contributed by atoms with Crippen LogP contribution in [0.4, 0.5) is 5.69 Å². The maximum atomic E-state index is 12.9. The zero-order chi connectivity index (χ0) is 19.0. The highest BCUT2D eigenvalue weighted by Gasteiger charge is 2.38. The first-order chi connectivity index (χ1) is 13.0. The molecule has 1 aromatic carbocycles. The third-order valence-corrected chi connectivity index (χ3v) is 5.82. The molecule has 1 aromatic heterocycles. The number of carbonyl (C=O) groups is 2. The molecule has 2 amide bonds. The Morgan fingerprint density at radius 1 is 1.07 bits per heavy atom. The van der Waals surface area contributed by atoms with E-state index in [2.05, 4.69) is 17.1 Å². The topological polar surface area (TPSA) is 71.3 Å². The lowest BCUT2D eigenvalue weighted by Gasteiger charge is -2.33. The molecule has 0 saturated carbocycles. The molecule has 0 aliphatic carbocycles. The minimum absolute atomic E-state index is 0.0345. The summed E-state index contributed by atoms with van der Waals surface area (Å²) in [6.07, 6.45) is 5.36. The van der Waals surface area contributed by atoms with E-state index in [9.17, 15) is 9.59 Å². The molecule has 2 aliphatic rings. The molecule has 2 aromatic rings. The number of hydrogen-bond acceptors (Lipinski definition) is 4. The molecule has 0 spiro atoms. The fourth-order valence-electron chi connectivity index (χ4n) is 4.01.